The molecule has 1 aromatic rings. The summed E-state index contributed by atoms with van der Waals surface area (Å²) in [6, 6.07) is 6.00. The Morgan fingerprint density at radius 1 is 1.50 bits per heavy atom. The van der Waals surface area contributed by atoms with Gasteiger partial charge in [-0.25, -0.2) is 4.79 Å². The van der Waals surface area contributed by atoms with E-state index in [2.05, 4.69) is 10.1 Å². The highest BCUT2D eigenvalue weighted by molar-refractivity contribution is 5.74. The van der Waals surface area contributed by atoms with Crippen LogP contribution in [0.3, 0.4) is 0 Å². The lowest BCUT2D eigenvalue weighted by molar-refractivity contribution is -0.0504. The number of alkyl halides is 2. The van der Waals surface area contributed by atoms with Crippen LogP contribution >= 0.6 is 0 Å². The molecule has 122 valence electrons. The van der Waals surface area contributed by atoms with Crippen molar-refractivity contribution < 1.29 is 23.4 Å². The van der Waals surface area contributed by atoms with Crippen molar-refractivity contribution in [2.75, 3.05) is 13.1 Å². The second-order valence-electron chi connectivity index (χ2n) is 5.42. The minimum Gasteiger partial charge on any atom is -0.434 e. The smallest absolute Gasteiger partial charge is 0.387 e. The van der Waals surface area contributed by atoms with E-state index < -0.39 is 12.7 Å². The molecule has 2 unspecified atom stereocenters. The lowest BCUT2D eigenvalue weighted by atomic mass is 9.96. The highest BCUT2D eigenvalue weighted by Gasteiger charge is 2.27. The maximum absolute atomic E-state index is 12.3. The Bertz CT molecular complexity index is 513. The first-order valence-electron chi connectivity index (χ1n) is 7.21. The summed E-state index contributed by atoms with van der Waals surface area (Å²) < 4.78 is 29.1. The number of nitrogens with zero attached hydrogens (tertiary/aromatic N) is 1. The predicted molar refractivity (Wildman–Crippen MR) is 76.7 cm³/mol. The van der Waals surface area contributed by atoms with Crippen LogP contribution in [-0.4, -0.2) is 41.8 Å². The van der Waals surface area contributed by atoms with Gasteiger partial charge in [0, 0.05) is 25.2 Å². The van der Waals surface area contributed by atoms with Gasteiger partial charge in [0.15, 0.2) is 0 Å². The average molecular weight is 314 g/mol. The number of carbonyl (C=O) groups excluding carboxylic acids is 1. The van der Waals surface area contributed by atoms with Crippen molar-refractivity contribution in [1.29, 1.82) is 0 Å². The Hall–Kier alpha value is -1.89. The van der Waals surface area contributed by atoms with Crippen molar-refractivity contribution in [3.63, 3.8) is 0 Å². The number of nitrogens with one attached hydrogen (secondary N) is 1. The molecule has 0 spiro atoms. The van der Waals surface area contributed by atoms with Gasteiger partial charge in [-0.15, -0.1) is 0 Å². The van der Waals surface area contributed by atoms with Crippen LogP contribution in [-0.2, 0) is 6.54 Å². The number of piperidine rings is 1. The van der Waals surface area contributed by atoms with Crippen molar-refractivity contribution >= 4 is 6.03 Å². The zero-order valence-electron chi connectivity index (χ0n) is 12.3. The molecule has 2 amide bonds. The molecule has 0 aliphatic carbocycles. The molecule has 1 aliphatic rings. The van der Waals surface area contributed by atoms with Crippen LogP contribution in [0.4, 0.5) is 13.6 Å². The molecule has 0 radical (unpaired) electrons. The van der Waals surface area contributed by atoms with Crippen molar-refractivity contribution in [3.8, 4) is 5.75 Å². The number of halogens is 2. The SMILES string of the molecule is CC1CCN(C(=O)NCc2ccccc2OC(F)F)CC1O. The fourth-order valence-electron chi connectivity index (χ4n) is 2.38. The summed E-state index contributed by atoms with van der Waals surface area (Å²) in [5.74, 6) is 0.217. The Morgan fingerprint density at radius 3 is 2.91 bits per heavy atom. The first kappa shape index (κ1) is 16.5. The van der Waals surface area contributed by atoms with E-state index in [1.54, 1.807) is 18.2 Å². The average Bonchev–Trinajstić information content (AvgIpc) is 2.48. The van der Waals surface area contributed by atoms with Gasteiger partial charge in [-0.3, -0.25) is 0 Å². The molecule has 1 aromatic carbocycles. The number of carbonyl (C=O) groups is 1. The maximum Gasteiger partial charge on any atom is 0.387 e. The first-order valence-corrected chi connectivity index (χ1v) is 7.21. The highest BCUT2D eigenvalue weighted by Crippen LogP contribution is 2.20. The summed E-state index contributed by atoms with van der Waals surface area (Å²) >= 11 is 0. The van der Waals surface area contributed by atoms with Gasteiger partial charge in [0.05, 0.1) is 6.10 Å². The first-order chi connectivity index (χ1) is 10.5. The van der Waals surface area contributed by atoms with Crippen LogP contribution in [0, 0.1) is 5.92 Å². The lowest BCUT2D eigenvalue weighted by Gasteiger charge is -2.34. The summed E-state index contributed by atoms with van der Waals surface area (Å²) in [6.07, 6.45) is 0.202. The minimum atomic E-state index is -2.91. The summed E-state index contributed by atoms with van der Waals surface area (Å²) in [5, 5.41) is 12.5. The minimum absolute atomic E-state index is 0.0464. The van der Waals surface area contributed by atoms with Crippen LogP contribution < -0.4 is 10.1 Å². The van der Waals surface area contributed by atoms with E-state index in [0.29, 0.717) is 12.1 Å². The molecule has 1 fully saturated rings. The van der Waals surface area contributed by atoms with Crippen molar-refractivity contribution in [2.24, 2.45) is 5.92 Å². The van der Waals surface area contributed by atoms with Crippen LogP contribution in [0.5, 0.6) is 5.75 Å². The van der Waals surface area contributed by atoms with E-state index >= 15 is 0 Å². The van der Waals surface area contributed by atoms with E-state index in [1.807, 2.05) is 6.92 Å². The number of hydrogen-bond donors (Lipinski definition) is 2. The molecule has 1 saturated heterocycles. The Balaban J connectivity index is 1.91. The summed E-state index contributed by atoms with van der Waals surface area (Å²) in [6.45, 7) is -0.0288. The Labute approximate surface area is 127 Å². The molecule has 1 aliphatic heterocycles. The number of benzene rings is 1. The number of likely N-dealkylation sites (tertiary alicyclic amines) is 1. The number of para-hydroxylation sites is 1. The van der Waals surface area contributed by atoms with Gasteiger partial charge in [-0.2, -0.15) is 8.78 Å². The normalized spacial score (nSPS) is 21.8. The molecule has 2 N–H and O–H groups in total. The largest absolute Gasteiger partial charge is 0.434 e. The van der Waals surface area contributed by atoms with E-state index in [9.17, 15) is 18.7 Å². The van der Waals surface area contributed by atoms with Gasteiger partial charge in [-0.05, 0) is 18.4 Å². The topological polar surface area (TPSA) is 61.8 Å². The molecule has 2 atom stereocenters. The monoisotopic (exact) mass is 314 g/mol. The highest BCUT2D eigenvalue weighted by atomic mass is 19.3. The number of ether oxygens (including phenoxy) is 1. The third-order valence-electron chi connectivity index (χ3n) is 3.82. The van der Waals surface area contributed by atoms with Crippen LogP contribution in [0.15, 0.2) is 24.3 Å². The molecule has 7 heteroatoms. The maximum atomic E-state index is 12.3. The van der Waals surface area contributed by atoms with Gasteiger partial charge in [0.25, 0.3) is 0 Å². The molecule has 0 aromatic heterocycles. The number of amides is 2. The second-order valence-corrected chi connectivity index (χ2v) is 5.42. The number of hydrogen-bond acceptors (Lipinski definition) is 3. The molecule has 0 bridgehead atoms. The zero-order valence-corrected chi connectivity index (χ0v) is 12.3. The van der Waals surface area contributed by atoms with Gasteiger partial charge >= 0.3 is 12.6 Å². The molecule has 1 heterocycles. The molecule has 2 rings (SSSR count). The molecule has 5 nitrogen and oxygen atoms in total. The summed E-state index contributed by atoms with van der Waals surface area (Å²) in [4.78, 5) is 13.6. The van der Waals surface area contributed by atoms with E-state index in [4.69, 9.17) is 0 Å². The van der Waals surface area contributed by atoms with Crippen molar-refractivity contribution in [1.82, 2.24) is 10.2 Å². The summed E-state index contributed by atoms with van der Waals surface area (Å²) in [5.41, 5.74) is 0.474. The standard InChI is InChI=1S/C15H20F2N2O3/c1-10-6-7-19(9-12(10)20)15(21)18-8-11-4-2-3-5-13(11)22-14(16)17/h2-5,10,12,14,20H,6-9H2,1H3,(H,18,21). The number of urea groups is 1. The van der Waals surface area contributed by atoms with Crippen LogP contribution in [0.2, 0.25) is 0 Å². The fourth-order valence-corrected chi connectivity index (χ4v) is 2.38. The summed E-state index contributed by atoms with van der Waals surface area (Å²) in [7, 11) is 0. The quantitative estimate of drug-likeness (QED) is 0.895. The lowest BCUT2D eigenvalue weighted by Crippen LogP contribution is -2.49. The number of rotatable bonds is 4. The third-order valence-corrected chi connectivity index (χ3v) is 3.82. The third kappa shape index (κ3) is 4.30. The molecular formula is C15H20F2N2O3. The van der Waals surface area contributed by atoms with Crippen LogP contribution in [0.1, 0.15) is 18.9 Å². The zero-order chi connectivity index (χ0) is 16.1. The Kier molecular flexibility index (Phi) is 5.54. The van der Waals surface area contributed by atoms with Gasteiger partial charge < -0.3 is 20.1 Å². The number of aliphatic hydroxyl groups is 1. The van der Waals surface area contributed by atoms with Crippen LogP contribution in [0.25, 0.3) is 0 Å². The predicted octanol–water partition coefficient (Wildman–Crippen LogP) is 2.20. The molecule has 0 saturated carbocycles. The van der Waals surface area contributed by atoms with Crippen molar-refractivity contribution in [3.05, 3.63) is 29.8 Å². The second kappa shape index (κ2) is 7.40. The fraction of sp³-hybridized carbons (Fsp3) is 0.533. The van der Waals surface area contributed by atoms with Gasteiger partial charge in [0.1, 0.15) is 5.75 Å². The Morgan fingerprint density at radius 2 is 2.23 bits per heavy atom. The molecule has 22 heavy (non-hydrogen) atoms. The van der Waals surface area contributed by atoms with E-state index in [-0.39, 0.29) is 30.8 Å². The van der Waals surface area contributed by atoms with E-state index in [0.717, 1.165) is 6.42 Å². The van der Waals surface area contributed by atoms with E-state index in [1.165, 1.54) is 11.0 Å². The van der Waals surface area contributed by atoms with Gasteiger partial charge in [0.2, 0.25) is 0 Å². The molecular weight excluding hydrogens is 294 g/mol. The number of β-amino-alcohol motifs (C(OH)–C–C–N with tert-alkyl or cyclic N) is 1. The number of aliphatic hydroxyl groups excluding tert-OH is 1. The van der Waals surface area contributed by atoms with Crippen molar-refractivity contribution in [2.45, 2.75) is 32.6 Å². The van der Waals surface area contributed by atoms with Gasteiger partial charge in [-0.1, -0.05) is 25.1 Å².